The lowest BCUT2D eigenvalue weighted by Gasteiger charge is -2.32. The molecule has 1 heterocycles. The summed E-state index contributed by atoms with van der Waals surface area (Å²) in [5.74, 6) is 0.0598. The van der Waals surface area contributed by atoms with Crippen molar-refractivity contribution in [3.63, 3.8) is 0 Å². The van der Waals surface area contributed by atoms with Gasteiger partial charge in [-0.2, -0.15) is 0 Å². The molecule has 0 atom stereocenters. The molecule has 0 unspecified atom stereocenters. The number of nitrogens with one attached hydrogen (secondary N) is 2. The lowest BCUT2D eigenvalue weighted by Crippen LogP contribution is -2.47. The highest BCUT2D eigenvalue weighted by molar-refractivity contribution is 5.92. The molecule has 2 rings (SSSR count). The molecule has 1 saturated heterocycles. The number of carbonyl (C=O) groups excluding carboxylic acids is 2. The molecular formula is C18H30Cl2N4O3. The third kappa shape index (κ3) is 9.39. The topological polar surface area (TPSA) is 73.9 Å². The molecule has 2 N–H and O–H groups in total. The number of piperazine rings is 1. The molecule has 0 radical (unpaired) electrons. The van der Waals surface area contributed by atoms with E-state index < -0.39 is 0 Å². The third-order valence-corrected chi connectivity index (χ3v) is 4.22. The highest BCUT2D eigenvalue weighted by Crippen LogP contribution is 2.11. The zero-order valence-corrected chi connectivity index (χ0v) is 17.5. The number of amides is 2. The van der Waals surface area contributed by atoms with Crippen molar-refractivity contribution in [3.05, 3.63) is 29.8 Å². The average molecular weight is 421 g/mol. The van der Waals surface area contributed by atoms with E-state index in [0.717, 1.165) is 37.4 Å². The van der Waals surface area contributed by atoms with Crippen LogP contribution in [0.15, 0.2) is 24.3 Å². The summed E-state index contributed by atoms with van der Waals surface area (Å²) < 4.78 is 4.91. The first-order valence-corrected chi connectivity index (χ1v) is 8.63. The monoisotopic (exact) mass is 420 g/mol. The predicted molar refractivity (Wildman–Crippen MR) is 112 cm³/mol. The molecule has 1 aromatic carbocycles. The van der Waals surface area contributed by atoms with Crippen molar-refractivity contribution < 1.29 is 14.3 Å². The van der Waals surface area contributed by atoms with Gasteiger partial charge in [0.1, 0.15) is 0 Å². The Morgan fingerprint density at radius 1 is 1.07 bits per heavy atom. The van der Waals surface area contributed by atoms with Crippen molar-refractivity contribution in [3.8, 4) is 0 Å². The Labute approximate surface area is 173 Å². The van der Waals surface area contributed by atoms with Crippen LogP contribution < -0.4 is 10.6 Å². The fourth-order valence-corrected chi connectivity index (χ4v) is 2.63. The van der Waals surface area contributed by atoms with Crippen LogP contribution >= 0.6 is 24.8 Å². The van der Waals surface area contributed by atoms with Crippen LogP contribution in [0.25, 0.3) is 0 Å². The van der Waals surface area contributed by atoms with E-state index in [-0.39, 0.29) is 43.2 Å². The van der Waals surface area contributed by atoms with Gasteiger partial charge in [-0.05, 0) is 24.7 Å². The number of likely N-dealkylation sites (N-methyl/N-ethyl adjacent to an activating group) is 1. The van der Waals surface area contributed by atoms with Crippen LogP contribution in [0.2, 0.25) is 0 Å². The largest absolute Gasteiger partial charge is 0.383 e. The standard InChI is InChI=1S/C18H28N4O3.2ClH/c1-21-8-10-22(11-9-21)18(24)13-15-3-5-16(6-4-15)20-17(23)14-19-7-12-25-2;;/h3-6,19H,7-14H2,1-2H3,(H,20,23);2*1H. The molecule has 0 aliphatic carbocycles. The Bertz CT molecular complexity index is 564. The minimum Gasteiger partial charge on any atom is -0.383 e. The normalized spacial score (nSPS) is 14.1. The molecule has 0 bridgehead atoms. The fourth-order valence-electron chi connectivity index (χ4n) is 2.63. The fraction of sp³-hybridized carbons (Fsp3) is 0.556. The Hall–Kier alpha value is -1.38. The molecule has 7 nitrogen and oxygen atoms in total. The second-order valence-corrected chi connectivity index (χ2v) is 6.28. The quantitative estimate of drug-likeness (QED) is 0.614. The van der Waals surface area contributed by atoms with Gasteiger partial charge in [-0.1, -0.05) is 12.1 Å². The van der Waals surface area contributed by atoms with E-state index in [1.165, 1.54) is 0 Å². The molecule has 27 heavy (non-hydrogen) atoms. The lowest BCUT2D eigenvalue weighted by molar-refractivity contribution is -0.132. The second-order valence-electron chi connectivity index (χ2n) is 6.28. The van der Waals surface area contributed by atoms with E-state index in [1.807, 2.05) is 29.2 Å². The summed E-state index contributed by atoms with van der Waals surface area (Å²) in [7, 11) is 3.69. The summed E-state index contributed by atoms with van der Waals surface area (Å²) in [4.78, 5) is 28.3. The molecule has 1 aliphatic rings. The molecule has 0 spiro atoms. The number of halogens is 2. The minimum atomic E-state index is -0.0997. The van der Waals surface area contributed by atoms with Gasteiger partial charge >= 0.3 is 0 Å². The van der Waals surface area contributed by atoms with Crippen LogP contribution in [0.3, 0.4) is 0 Å². The number of nitrogens with zero attached hydrogens (tertiary/aromatic N) is 2. The second kappa shape index (κ2) is 13.7. The molecule has 0 aromatic heterocycles. The molecule has 0 saturated carbocycles. The van der Waals surface area contributed by atoms with Gasteiger partial charge in [0.15, 0.2) is 0 Å². The smallest absolute Gasteiger partial charge is 0.238 e. The summed E-state index contributed by atoms with van der Waals surface area (Å²) in [5.41, 5.74) is 1.69. The Morgan fingerprint density at radius 2 is 1.70 bits per heavy atom. The van der Waals surface area contributed by atoms with Gasteiger partial charge in [0.25, 0.3) is 0 Å². The molecule has 9 heteroatoms. The average Bonchev–Trinajstić information content (AvgIpc) is 2.61. The zero-order chi connectivity index (χ0) is 18.1. The Kier molecular flexibility index (Phi) is 13.0. The predicted octanol–water partition coefficient (Wildman–Crippen LogP) is 1.02. The van der Waals surface area contributed by atoms with E-state index >= 15 is 0 Å². The van der Waals surface area contributed by atoms with Crippen molar-refractivity contribution in [2.24, 2.45) is 0 Å². The first-order valence-electron chi connectivity index (χ1n) is 8.63. The highest BCUT2D eigenvalue weighted by atomic mass is 35.5. The van der Waals surface area contributed by atoms with Crippen molar-refractivity contribution in [2.45, 2.75) is 6.42 Å². The molecule has 2 amide bonds. The first-order chi connectivity index (χ1) is 12.1. The Balaban J connectivity index is 0.00000338. The van der Waals surface area contributed by atoms with Crippen molar-refractivity contribution in [2.75, 3.05) is 65.3 Å². The Morgan fingerprint density at radius 3 is 2.30 bits per heavy atom. The molecule has 1 fully saturated rings. The van der Waals surface area contributed by atoms with Gasteiger partial charge in [-0.3, -0.25) is 9.59 Å². The molecular weight excluding hydrogens is 391 g/mol. The van der Waals surface area contributed by atoms with E-state index in [2.05, 4.69) is 22.6 Å². The summed E-state index contributed by atoms with van der Waals surface area (Å²) >= 11 is 0. The third-order valence-electron chi connectivity index (χ3n) is 4.22. The first kappa shape index (κ1) is 25.6. The van der Waals surface area contributed by atoms with Crippen LogP contribution in [0.4, 0.5) is 5.69 Å². The zero-order valence-electron chi connectivity index (χ0n) is 15.9. The molecule has 1 aromatic rings. The molecule has 154 valence electrons. The number of hydrogen-bond acceptors (Lipinski definition) is 5. The van der Waals surface area contributed by atoms with Crippen LogP contribution in [0.5, 0.6) is 0 Å². The summed E-state index contributed by atoms with van der Waals surface area (Å²) in [6.07, 6.45) is 0.399. The van der Waals surface area contributed by atoms with Crippen LogP contribution in [-0.2, 0) is 20.7 Å². The number of rotatable bonds is 8. The van der Waals surface area contributed by atoms with Crippen LogP contribution in [0.1, 0.15) is 5.56 Å². The molecule has 1 aliphatic heterocycles. The van der Waals surface area contributed by atoms with Gasteiger partial charge in [-0.15, -0.1) is 24.8 Å². The number of hydrogen-bond donors (Lipinski definition) is 2. The van der Waals surface area contributed by atoms with Gasteiger partial charge in [-0.25, -0.2) is 0 Å². The summed E-state index contributed by atoms with van der Waals surface area (Å²) in [6, 6.07) is 7.45. The van der Waals surface area contributed by atoms with E-state index in [1.54, 1.807) is 7.11 Å². The number of anilines is 1. The maximum absolute atomic E-state index is 12.3. The van der Waals surface area contributed by atoms with Gasteiger partial charge in [0.05, 0.1) is 19.6 Å². The lowest BCUT2D eigenvalue weighted by atomic mass is 10.1. The van der Waals surface area contributed by atoms with Crippen molar-refractivity contribution in [1.82, 2.24) is 15.1 Å². The van der Waals surface area contributed by atoms with E-state index in [9.17, 15) is 9.59 Å². The van der Waals surface area contributed by atoms with Crippen LogP contribution in [0, 0.1) is 0 Å². The van der Waals surface area contributed by atoms with E-state index in [4.69, 9.17) is 4.74 Å². The summed E-state index contributed by atoms with van der Waals surface area (Å²) in [5, 5.41) is 5.82. The van der Waals surface area contributed by atoms with Gasteiger partial charge in [0, 0.05) is 45.5 Å². The van der Waals surface area contributed by atoms with Crippen molar-refractivity contribution >= 4 is 42.3 Å². The van der Waals surface area contributed by atoms with E-state index in [0.29, 0.717) is 19.6 Å². The number of benzene rings is 1. The highest BCUT2D eigenvalue weighted by Gasteiger charge is 2.18. The van der Waals surface area contributed by atoms with Crippen LogP contribution in [-0.4, -0.2) is 81.6 Å². The maximum Gasteiger partial charge on any atom is 0.238 e. The minimum absolute atomic E-state index is 0. The number of carbonyl (C=O) groups is 2. The van der Waals surface area contributed by atoms with Gasteiger partial charge < -0.3 is 25.2 Å². The maximum atomic E-state index is 12.3. The number of methoxy groups -OCH3 is 1. The van der Waals surface area contributed by atoms with Crippen molar-refractivity contribution in [1.29, 1.82) is 0 Å². The SMILES string of the molecule is COCCNCC(=O)Nc1ccc(CC(=O)N2CCN(C)CC2)cc1.Cl.Cl. The summed E-state index contributed by atoms with van der Waals surface area (Å²) in [6.45, 7) is 4.89. The number of ether oxygens (including phenoxy) is 1. The van der Waals surface area contributed by atoms with Gasteiger partial charge in [0.2, 0.25) is 11.8 Å².